The molecule has 2 amide bonds. The van der Waals surface area contributed by atoms with E-state index < -0.39 is 17.8 Å². The molecule has 2 aromatic rings. The van der Waals surface area contributed by atoms with Crippen LogP contribution in [0.1, 0.15) is 34.7 Å². The summed E-state index contributed by atoms with van der Waals surface area (Å²) in [4.78, 5) is 38.1. The van der Waals surface area contributed by atoms with Crippen molar-refractivity contribution in [1.29, 1.82) is 0 Å². The monoisotopic (exact) mass is 366 g/mol. The second kappa shape index (κ2) is 8.03. The molecular weight excluding hydrogens is 344 g/mol. The van der Waals surface area contributed by atoms with Crippen molar-refractivity contribution < 1.29 is 19.5 Å². The number of carbonyl (C=O) groups is 3. The minimum Gasteiger partial charge on any atom is -0.481 e. The molecule has 0 aliphatic heterocycles. The topological polar surface area (TPSA) is 86.7 Å². The van der Waals surface area contributed by atoms with Gasteiger partial charge in [-0.25, -0.2) is 0 Å². The minimum absolute atomic E-state index is 0.00273. The van der Waals surface area contributed by atoms with Gasteiger partial charge < -0.3 is 15.3 Å². The lowest BCUT2D eigenvalue weighted by Crippen LogP contribution is -2.34. The molecule has 1 atom stereocenters. The summed E-state index contributed by atoms with van der Waals surface area (Å²) >= 11 is 0. The van der Waals surface area contributed by atoms with Crippen LogP contribution in [0.4, 0.5) is 5.69 Å². The van der Waals surface area contributed by atoms with Crippen molar-refractivity contribution in [3.05, 3.63) is 65.7 Å². The maximum absolute atomic E-state index is 12.7. The zero-order chi connectivity index (χ0) is 19.4. The third-order valence-corrected chi connectivity index (χ3v) is 4.73. The standard InChI is InChI=1S/C21H22N2O4/c1-23(20(25)15-11-12-15)18-10-6-5-9-16(18)19(24)22-13-17(21(26)27)14-7-3-2-4-8-14/h2-10,15,17H,11-13H2,1H3,(H,22,24)(H,26,27). The molecule has 0 spiro atoms. The van der Waals surface area contributed by atoms with Gasteiger partial charge in [-0.05, 0) is 30.5 Å². The summed E-state index contributed by atoms with van der Waals surface area (Å²) in [6.45, 7) is -0.0349. The van der Waals surface area contributed by atoms with Crippen molar-refractivity contribution in [3.8, 4) is 0 Å². The van der Waals surface area contributed by atoms with Crippen LogP contribution in [-0.2, 0) is 9.59 Å². The number of benzene rings is 2. The number of hydrogen-bond acceptors (Lipinski definition) is 3. The average molecular weight is 366 g/mol. The Bertz CT molecular complexity index is 846. The van der Waals surface area contributed by atoms with Crippen LogP contribution >= 0.6 is 0 Å². The molecule has 0 saturated heterocycles. The Hall–Kier alpha value is -3.15. The van der Waals surface area contributed by atoms with Gasteiger partial charge in [0.1, 0.15) is 0 Å². The fourth-order valence-electron chi connectivity index (χ4n) is 3.00. The number of nitrogens with zero attached hydrogens (tertiary/aromatic N) is 1. The van der Waals surface area contributed by atoms with Crippen molar-refractivity contribution >= 4 is 23.5 Å². The van der Waals surface area contributed by atoms with E-state index in [9.17, 15) is 19.5 Å². The Morgan fingerprint density at radius 2 is 1.70 bits per heavy atom. The number of carbonyl (C=O) groups excluding carboxylic acids is 2. The lowest BCUT2D eigenvalue weighted by molar-refractivity contribution is -0.138. The molecule has 0 aromatic heterocycles. The molecule has 6 heteroatoms. The van der Waals surface area contributed by atoms with Gasteiger partial charge in [0.05, 0.1) is 17.2 Å². The van der Waals surface area contributed by atoms with E-state index in [2.05, 4.69) is 5.32 Å². The van der Waals surface area contributed by atoms with Crippen LogP contribution in [0, 0.1) is 5.92 Å². The van der Waals surface area contributed by atoms with E-state index in [0.29, 0.717) is 16.8 Å². The predicted octanol–water partition coefficient (Wildman–Crippen LogP) is 2.66. The molecule has 1 fully saturated rings. The lowest BCUT2D eigenvalue weighted by Gasteiger charge is -2.21. The molecule has 2 N–H and O–H groups in total. The lowest BCUT2D eigenvalue weighted by atomic mass is 9.99. The van der Waals surface area contributed by atoms with Crippen molar-refractivity contribution in [1.82, 2.24) is 5.32 Å². The summed E-state index contributed by atoms with van der Waals surface area (Å²) in [5, 5.41) is 12.2. The molecule has 0 heterocycles. The van der Waals surface area contributed by atoms with E-state index >= 15 is 0 Å². The van der Waals surface area contributed by atoms with Gasteiger partial charge in [-0.15, -0.1) is 0 Å². The number of aliphatic carboxylic acids is 1. The minimum atomic E-state index is -1.00. The number of para-hydroxylation sites is 1. The van der Waals surface area contributed by atoms with Gasteiger partial charge in [-0.3, -0.25) is 14.4 Å². The average Bonchev–Trinajstić information content (AvgIpc) is 3.52. The molecule has 1 saturated carbocycles. The summed E-state index contributed by atoms with van der Waals surface area (Å²) in [5.74, 6) is -2.20. The van der Waals surface area contributed by atoms with Gasteiger partial charge in [0.15, 0.2) is 0 Å². The van der Waals surface area contributed by atoms with Gasteiger partial charge >= 0.3 is 5.97 Å². The van der Waals surface area contributed by atoms with Crippen LogP contribution in [0.15, 0.2) is 54.6 Å². The van der Waals surface area contributed by atoms with E-state index in [-0.39, 0.29) is 18.4 Å². The maximum Gasteiger partial charge on any atom is 0.312 e. The molecule has 1 aliphatic carbocycles. The van der Waals surface area contributed by atoms with Crippen LogP contribution < -0.4 is 10.2 Å². The molecule has 3 rings (SSSR count). The smallest absolute Gasteiger partial charge is 0.312 e. The highest BCUT2D eigenvalue weighted by Gasteiger charge is 2.33. The highest BCUT2D eigenvalue weighted by molar-refractivity contribution is 6.05. The first kappa shape index (κ1) is 18.6. The normalized spacial score (nSPS) is 14.3. The fraction of sp³-hybridized carbons (Fsp3) is 0.286. The number of amides is 2. The third-order valence-electron chi connectivity index (χ3n) is 4.73. The van der Waals surface area contributed by atoms with E-state index in [1.807, 2.05) is 6.07 Å². The molecule has 0 radical (unpaired) electrons. The number of carboxylic acid groups (broad SMARTS) is 1. The van der Waals surface area contributed by atoms with E-state index in [0.717, 1.165) is 12.8 Å². The summed E-state index contributed by atoms with van der Waals surface area (Å²) in [5.41, 5.74) is 1.50. The molecule has 2 aromatic carbocycles. The molecule has 140 valence electrons. The number of rotatable bonds is 7. The maximum atomic E-state index is 12.7. The van der Waals surface area contributed by atoms with Crippen molar-refractivity contribution in [3.63, 3.8) is 0 Å². The summed E-state index contributed by atoms with van der Waals surface area (Å²) in [7, 11) is 1.66. The van der Waals surface area contributed by atoms with E-state index in [1.165, 1.54) is 4.90 Å². The molecular formula is C21H22N2O4. The Morgan fingerprint density at radius 3 is 2.33 bits per heavy atom. The van der Waals surface area contributed by atoms with E-state index in [1.54, 1.807) is 55.6 Å². The van der Waals surface area contributed by atoms with Crippen molar-refractivity contribution in [2.75, 3.05) is 18.5 Å². The first-order chi connectivity index (χ1) is 13.0. The first-order valence-electron chi connectivity index (χ1n) is 8.91. The van der Waals surface area contributed by atoms with Gasteiger partial charge in [0.25, 0.3) is 5.91 Å². The fourth-order valence-corrected chi connectivity index (χ4v) is 3.00. The van der Waals surface area contributed by atoms with Crippen molar-refractivity contribution in [2.24, 2.45) is 5.92 Å². The summed E-state index contributed by atoms with van der Waals surface area (Å²) < 4.78 is 0. The van der Waals surface area contributed by atoms with E-state index in [4.69, 9.17) is 0 Å². The summed E-state index contributed by atoms with van der Waals surface area (Å²) in [6, 6.07) is 15.6. The Labute approximate surface area is 157 Å². The van der Waals surface area contributed by atoms with Gasteiger partial charge in [-0.1, -0.05) is 42.5 Å². The largest absolute Gasteiger partial charge is 0.481 e. The Balaban J connectivity index is 1.74. The van der Waals surface area contributed by atoms with Crippen LogP contribution in [-0.4, -0.2) is 36.5 Å². The third kappa shape index (κ3) is 4.34. The first-order valence-corrected chi connectivity index (χ1v) is 8.91. The highest BCUT2D eigenvalue weighted by Crippen LogP contribution is 2.33. The number of hydrogen-bond donors (Lipinski definition) is 2. The van der Waals surface area contributed by atoms with Gasteiger partial charge in [0, 0.05) is 19.5 Å². The van der Waals surface area contributed by atoms with Gasteiger partial charge in [0.2, 0.25) is 5.91 Å². The molecule has 0 bridgehead atoms. The second-order valence-corrected chi connectivity index (χ2v) is 6.70. The number of nitrogens with one attached hydrogen (secondary N) is 1. The molecule has 1 aliphatic rings. The zero-order valence-corrected chi connectivity index (χ0v) is 15.1. The van der Waals surface area contributed by atoms with Crippen LogP contribution in [0.3, 0.4) is 0 Å². The molecule has 27 heavy (non-hydrogen) atoms. The Morgan fingerprint density at radius 1 is 1.07 bits per heavy atom. The number of anilines is 1. The number of carboxylic acids is 1. The van der Waals surface area contributed by atoms with Crippen LogP contribution in [0.2, 0.25) is 0 Å². The SMILES string of the molecule is CN(C(=O)C1CC1)c1ccccc1C(=O)NCC(C(=O)O)c1ccccc1. The summed E-state index contributed by atoms with van der Waals surface area (Å²) in [6.07, 6.45) is 1.77. The van der Waals surface area contributed by atoms with Crippen LogP contribution in [0.25, 0.3) is 0 Å². The highest BCUT2D eigenvalue weighted by atomic mass is 16.4. The quantitative estimate of drug-likeness (QED) is 0.789. The molecule has 6 nitrogen and oxygen atoms in total. The molecule has 1 unspecified atom stereocenters. The zero-order valence-electron chi connectivity index (χ0n) is 15.1. The Kier molecular flexibility index (Phi) is 5.54. The van der Waals surface area contributed by atoms with Crippen LogP contribution in [0.5, 0.6) is 0 Å². The van der Waals surface area contributed by atoms with Crippen molar-refractivity contribution in [2.45, 2.75) is 18.8 Å². The predicted molar refractivity (Wildman–Crippen MR) is 102 cm³/mol. The second-order valence-electron chi connectivity index (χ2n) is 6.70. The van der Waals surface area contributed by atoms with Gasteiger partial charge in [-0.2, -0.15) is 0 Å².